The Hall–Kier alpha value is -2.44. The summed E-state index contributed by atoms with van der Waals surface area (Å²) in [4.78, 5) is 25.3. The van der Waals surface area contributed by atoms with Crippen LogP contribution in [-0.2, 0) is 16.0 Å². The molecule has 0 radical (unpaired) electrons. The molecule has 1 aliphatic heterocycles. The summed E-state index contributed by atoms with van der Waals surface area (Å²) >= 11 is 0. The first-order chi connectivity index (χ1) is 11.5. The minimum atomic E-state index is -0.847. The number of amides is 1. The molecule has 132 valence electrons. The van der Waals surface area contributed by atoms with Gasteiger partial charge in [0.25, 0.3) is 0 Å². The van der Waals surface area contributed by atoms with Crippen LogP contribution in [0.3, 0.4) is 0 Å². The Bertz CT molecular complexity index is 590. The van der Waals surface area contributed by atoms with E-state index in [4.69, 9.17) is 19.3 Å². The van der Waals surface area contributed by atoms with Crippen molar-refractivity contribution in [3.8, 4) is 17.2 Å². The number of aliphatic carboxylic acids is 1. The molecule has 0 aliphatic carbocycles. The fourth-order valence-electron chi connectivity index (χ4n) is 2.93. The zero-order valence-corrected chi connectivity index (χ0v) is 14.2. The van der Waals surface area contributed by atoms with E-state index < -0.39 is 11.9 Å². The molecule has 1 N–H and O–H groups in total. The molecule has 24 heavy (non-hydrogen) atoms. The third-order valence-electron chi connectivity index (χ3n) is 4.20. The summed E-state index contributed by atoms with van der Waals surface area (Å²) in [5.74, 6) is 0.0154. The lowest BCUT2D eigenvalue weighted by Crippen LogP contribution is -2.43. The lowest BCUT2D eigenvalue weighted by atomic mass is 9.97. The number of carbonyl (C=O) groups is 2. The number of carbonyl (C=O) groups excluding carboxylic acids is 1. The Kier molecular flexibility index (Phi) is 5.89. The second-order valence-electron chi connectivity index (χ2n) is 5.73. The number of piperidine rings is 1. The Balaban J connectivity index is 2.15. The van der Waals surface area contributed by atoms with Crippen molar-refractivity contribution in [3.63, 3.8) is 0 Å². The van der Waals surface area contributed by atoms with Gasteiger partial charge in [0.05, 0.1) is 33.7 Å². The predicted molar refractivity (Wildman–Crippen MR) is 86.7 cm³/mol. The Morgan fingerprint density at radius 3 is 2.29 bits per heavy atom. The Morgan fingerprint density at radius 1 is 1.17 bits per heavy atom. The first kappa shape index (κ1) is 17.9. The van der Waals surface area contributed by atoms with Crippen LogP contribution in [0.25, 0.3) is 0 Å². The minimum absolute atomic E-state index is 0.102. The third-order valence-corrected chi connectivity index (χ3v) is 4.20. The van der Waals surface area contributed by atoms with Gasteiger partial charge in [0.2, 0.25) is 11.7 Å². The average molecular weight is 337 g/mol. The monoisotopic (exact) mass is 337 g/mol. The standard InChI is InChI=1S/C17H23NO6/c1-22-13-7-11(8-14(23-2)16(13)24-3)9-15(19)18-6-4-5-12(10-18)17(20)21/h7-8,12H,4-6,9-10H2,1-3H3,(H,20,21)/t12-/m0/s1. The van der Waals surface area contributed by atoms with Crippen LogP contribution in [0.1, 0.15) is 18.4 Å². The molecule has 1 aromatic rings. The smallest absolute Gasteiger partial charge is 0.308 e. The van der Waals surface area contributed by atoms with E-state index in [1.807, 2.05) is 0 Å². The normalized spacial score (nSPS) is 17.3. The highest BCUT2D eigenvalue weighted by atomic mass is 16.5. The van der Waals surface area contributed by atoms with Crippen LogP contribution in [0.2, 0.25) is 0 Å². The molecular weight excluding hydrogens is 314 g/mol. The second kappa shape index (κ2) is 7.90. The lowest BCUT2D eigenvalue weighted by Gasteiger charge is -2.30. The molecule has 0 unspecified atom stereocenters. The number of benzene rings is 1. The lowest BCUT2D eigenvalue weighted by molar-refractivity contribution is -0.145. The summed E-state index contributed by atoms with van der Waals surface area (Å²) in [6.07, 6.45) is 1.48. The van der Waals surface area contributed by atoms with Gasteiger partial charge >= 0.3 is 5.97 Å². The number of carboxylic acids is 1. The van der Waals surface area contributed by atoms with E-state index >= 15 is 0 Å². The molecule has 1 fully saturated rings. The zero-order chi connectivity index (χ0) is 17.7. The van der Waals surface area contributed by atoms with Crippen LogP contribution in [0.15, 0.2) is 12.1 Å². The second-order valence-corrected chi connectivity index (χ2v) is 5.73. The molecular formula is C17H23NO6. The summed E-state index contributed by atoms with van der Waals surface area (Å²) in [5.41, 5.74) is 0.729. The quantitative estimate of drug-likeness (QED) is 0.848. The van der Waals surface area contributed by atoms with Gasteiger partial charge in [-0.25, -0.2) is 0 Å². The maximum Gasteiger partial charge on any atom is 0.308 e. The molecule has 1 aliphatic rings. The van der Waals surface area contributed by atoms with Crippen molar-refractivity contribution in [2.24, 2.45) is 5.92 Å². The van der Waals surface area contributed by atoms with E-state index in [-0.39, 0.29) is 18.9 Å². The van der Waals surface area contributed by atoms with Crippen molar-refractivity contribution >= 4 is 11.9 Å². The van der Waals surface area contributed by atoms with Gasteiger partial charge in [-0.1, -0.05) is 0 Å². The van der Waals surface area contributed by atoms with Crippen LogP contribution in [-0.4, -0.2) is 56.3 Å². The van der Waals surface area contributed by atoms with Gasteiger partial charge in [-0.15, -0.1) is 0 Å². The first-order valence-corrected chi connectivity index (χ1v) is 7.79. The SMILES string of the molecule is COc1cc(CC(=O)N2CCC[C@H](C(=O)O)C2)cc(OC)c1OC. The van der Waals surface area contributed by atoms with Gasteiger partial charge in [-0.3, -0.25) is 9.59 Å². The summed E-state index contributed by atoms with van der Waals surface area (Å²) < 4.78 is 15.8. The summed E-state index contributed by atoms with van der Waals surface area (Å²) in [6, 6.07) is 3.47. The van der Waals surface area contributed by atoms with Crippen molar-refractivity contribution in [1.29, 1.82) is 0 Å². The fraction of sp³-hybridized carbons (Fsp3) is 0.529. The third kappa shape index (κ3) is 3.90. The molecule has 1 atom stereocenters. The molecule has 1 amide bonds. The van der Waals surface area contributed by atoms with E-state index in [1.54, 1.807) is 17.0 Å². The van der Waals surface area contributed by atoms with Gasteiger partial charge in [0.1, 0.15) is 0 Å². The van der Waals surface area contributed by atoms with Gasteiger partial charge in [0.15, 0.2) is 11.5 Å². The van der Waals surface area contributed by atoms with Gasteiger partial charge in [-0.2, -0.15) is 0 Å². The molecule has 7 nitrogen and oxygen atoms in total. The number of carboxylic acid groups (broad SMARTS) is 1. The summed E-state index contributed by atoms with van der Waals surface area (Å²) in [7, 11) is 4.56. The van der Waals surface area contributed by atoms with Crippen LogP contribution in [0, 0.1) is 5.92 Å². The highest BCUT2D eigenvalue weighted by Gasteiger charge is 2.28. The van der Waals surface area contributed by atoms with Crippen molar-refractivity contribution in [1.82, 2.24) is 4.90 Å². The molecule has 0 bridgehead atoms. The number of hydrogen-bond donors (Lipinski definition) is 1. The van der Waals surface area contributed by atoms with E-state index in [0.717, 1.165) is 5.56 Å². The van der Waals surface area contributed by atoms with Crippen molar-refractivity contribution in [2.45, 2.75) is 19.3 Å². The fourth-order valence-corrected chi connectivity index (χ4v) is 2.93. The predicted octanol–water partition coefficient (Wildman–Crippen LogP) is 1.58. The number of likely N-dealkylation sites (tertiary alicyclic amines) is 1. The van der Waals surface area contributed by atoms with E-state index in [0.29, 0.717) is 36.6 Å². The summed E-state index contributed by atoms with van der Waals surface area (Å²) in [6.45, 7) is 0.853. The minimum Gasteiger partial charge on any atom is -0.493 e. The van der Waals surface area contributed by atoms with Gasteiger partial charge < -0.3 is 24.2 Å². The van der Waals surface area contributed by atoms with E-state index in [2.05, 4.69) is 0 Å². The van der Waals surface area contributed by atoms with Crippen molar-refractivity contribution in [2.75, 3.05) is 34.4 Å². The van der Waals surface area contributed by atoms with Crippen molar-refractivity contribution in [3.05, 3.63) is 17.7 Å². The number of nitrogens with zero attached hydrogens (tertiary/aromatic N) is 1. The first-order valence-electron chi connectivity index (χ1n) is 7.79. The number of hydrogen-bond acceptors (Lipinski definition) is 5. The topological polar surface area (TPSA) is 85.3 Å². The molecule has 1 saturated heterocycles. The maximum absolute atomic E-state index is 12.5. The van der Waals surface area contributed by atoms with Crippen LogP contribution in [0.4, 0.5) is 0 Å². The zero-order valence-electron chi connectivity index (χ0n) is 14.2. The molecule has 7 heteroatoms. The average Bonchev–Trinajstić information content (AvgIpc) is 2.60. The van der Waals surface area contributed by atoms with Gasteiger partial charge in [-0.05, 0) is 30.5 Å². The molecule has 2 rings (SSSR count). The molecule has 0 aromatic heterocycles. The van der Waals surface area contributed by atoms with Gasteiger partial charge in [0, 0.05) is 13.1 Å². The van der Waals surface area contributed by atoms with Crippen molar-refractivity contribution < 1.29 is 28.9 Å². The number of rotatable bonds is 6. The highest BCUT2D eigenvalue weighted by molar-refractivity contribution is 5.80. The highest BCUT2D eigenvalue weighted by Crippen LogP contribution is 2.38. The molecule has 1 heterocycles. The van der Waals surface area contributed by atoms with Crippen LogP contribution in [0.5, 0.6) is 17.2 Å². The Labute approximate surface area is 141 Å². The molecule has 0 spiro atoms. The van der Waals surface area contributed by atoms with Crippen LogP contribution < -0.4 is 14.2 Å². The number of ether oxygens (including phenoxy) is 3. The number of methoxy groups -OCH3 is 3. The summed E-state index contributed by atoms with van der Waals surface area (Å²) in [5, 5.41) is 9.14. The molecule has 1 aromatic carbocycles. The Morgan fingerprint density at radius 2 is 1.79 bits per heavy atom. The maximum atomic E-state index is 12.5. The molecule has 0 saturated carbocycles. The van der Waals surface area contributed by atoms with E-state index in [9.17, 15) is 9.59 Å². The largest absolute Gasteiger partial charge is 0.493 e. The van der Waals surface area contributed by atoms with E-state index in [1.165, 1.54) is 21.3 Å². The van der Waals surface area contributed by atoms with Crippen LogP contribution >= 0.6 is 0 Å².